The molecule has 380 valence electrons. The minimum Gasteiger partial charge on any atom is -0.507 e. The number of hydrogen-bond acceptors (Lipinski definition) is 11. The Hall–Kier alpha value is -7.31. The summed E-state index contributed by atoms with van der Waals surface area (Å²) in [5, 5.41) is 58.2. The summed E-state index contributed by atoms with van der Waals surface area (Å²) in [7, 11) is 0. The first-order valence-electron chi connectivity index (χ1n) is 24.0. The number of halogens is 2. The van der Waals surface area contributed by atoms with Crippen LogP contribution in [0.4, 0.5) is 16.2 Å². The standard InChI is InChI=1S/C30H33ClN4O5.C25H25ClN4O3/c1-30(2,3)40-29(39)35-15-5-4-6-25(35)28(38)32-23-12-8-20(9-13-23)7-10-21-19-34(16-17-36)33-27(21)24-18-22(31)11-14-26(24)37;26-19-8-11-23(32)21(15-19)24-18(16-30(29-24)13-14-31)7-4-17-5-9-20(10-6-17)28-25(33)22-3-1-2-12-27-22/h8-9,11-14,18-19,25,36-37H,4-6,15-17H2,1-3H3,(H,32,38);5-6,8-11,15-16,22,27,31-32H,1-3,12-14H2,(H,28,33)/t25-;22-/m00/s1. The third-order valence-electron chi connectivity index (χ3n) is 11.7. The molecule has 0 aliphatic carbocycles. The normalized spacial score (nSPS) is 15.4. The fourth-order valence-corrected chi connectivity index (χ4v) is 8.42. The van der Waals surface area contributed by atoms with Gasteiger partial charge in [0.05, 0.1) is 43.5 Å². The van der Waals surface area contributed by atoms with Crippen molar-refractivity contribution in [1.29, 1.82) is 0 Å². The second kappa shape index (κ2) is 24.9. The zero-order chi connectivity index (χ0) is 52.1. The summed E-state index contributed by atoms with van der Waals surface area (Å²) >= 11 is 12.2. The number of likely N-dealkylation sites (tertiary alicyclic amines) is 1. The lowest BCUT2D eigenvalue weighted by Crippen LogP contribution is -2.51. The molecule has 18 heteroatoms. The minimum atomic E-state index is -0.640. The Morgan fingerprint density at radius 3 is 1.64 bits per heavy atom. The average molecular weight is 1030 g/mol. The number of phenols is 2. The maximum Gasteiger partial charge on any atom is 0.410 e. The Morgan fingerprint density at radius 1 is 0.685 bits per heavy atom. The number of anilines is 2. The maximum atomic E-state index is 13.1. The molecule has 7 N–H and O–H groups in total. The van der Waals surface area contributed by atoms with E-state index in [0.29, 0.717) is 74.4 Å². The SMILES string of the molecule is CC(C)(C)OC(=O)N1CCCC[C@H]1C(=O)Nc1ccc(C#Cc2cn(CCO)nc2-c2cc(Cl)ccc2O)cc1.O=C(Nc1ccc(C#Cc2cn(CCO)nc2-c2cc(Cl)ccc2O)cc1)[C@@H]1CCCCN1. The van der Waals surface area contributed by atoms with E-state index in [-0.39, 0.29) is 49.1 Å². The summed E-state index contributed by atoms with van der Waals surface area (Å²) in [5.74, 6) is 12.2. The summed E-state index contributed by atoms with van der Waals surface area (Å²) in [5.41, 5.74) is 5.13. The van der Waals surface area contributed by atoms with Crippen molar-refractivity contribution in [3.8, 4) is 57.7 Å². The highest BCUT2D eigenvalue weighted by Gasteiger charge is 2.35. The molecule has 0 unspecified atom stereocenters. The average Bonchev–Trinajstić information content (AvgIpc) is 3.98. The van der Waals surface area contributed by atoms with E-state index in [1.54, 1.807) is 91.1 Å². The number of amides is 3. The van der Waals surface area contributed by atoms with Gasteiger partial charge in [0, 0.05) is 62.6 Å². The predicted molar refractivity (Wildman–Crippen MR) is 281 cm³/mol. The number of benzene rings is 4. The van der Waals surface area contributed by atoms with Crippen molar-refractivity contribution < 1.29 is 39.5 Å². The van der Waals surface area contributed by atoms with Gasteiger partial charge in [-0.15, -0.1) is 0 Å². The molecule has 73 heavy (non-hydrogen) atoms. The number of phenolic OH excluding ortho intramolecular Hbond substituents is 2. The molecule has 8 rings (SSSR count). The van der Waals surface area contributed by atoms with Gasteiger partial charge in [0.2, 0.25) is 11.8 Å². The number of nitrogens with zero attached hydrogens (tertiary/aromatic N) is 5. The van der Waals surface area contributed by atoms with Gasteiger partial charge in [-0.2, -0.15) is 10.2 Å². The number of hydrogen-bond donors (Lipinski definition) is 7. The van der Waals surface area contributed by atoms with Crippen LogP contribution in [-0.4, -0.2) is 107 Å². The fourth-order valence-electron chi connectivity index (χ4n) is 8.08. The van der Waals surface area contributed by atoms with Crippen LogP contribution >= 0.6 is 23.2 Å². The molecular formula is C55H58Cl2N8O8. The molecule has 4 heterocycles. The lowest BCUT2D eigenvalue weighted by molar-refractivity contribution is -0.122. The third kappa shape index (κ3) is 14.9. The van der Waals surface area contributed by atoms with Gasteiger partial charge >= 0.3 is 6.09 Å². The number of rotatable bonds is 10. The van der Waals surface area contributed by atoms with Gasteiger partial charge in [-0.05, 0) is 144 Å². The Balaban J connectivity index is 0.000000218. The van der Waals surface area contributed by atoms with Gasteiger partial charge in [0.25, 0.3) is 0 Å². The molecule has 0 saturated carbocycles. The number of piperidine rings is 2. The molecule has 16 nitrogen and oxygen atoms in total. The molecule has 0 bridgehead atoms. The van der Waals surface area contributed by atoms with Crippen molar-refractivity contribution in [2.75, 3.05) is 36.9 Å². The summed E-state index contributed by atoms with van der Waals surface area (Å²) in [6.45, 7) is 7.17. The monoisotopic (exact) mass is 1030 g/mol. The number of aliphatic hydroxyl groups is 2. The highest BCUT2D eigenvalue weighted by molar-refractivity contribution is 6.31. The molecule has 0 radical (unpaired) electrons. The summed E-state index contributed by atoms with van der Waals surface area (Å²) in [6, 6.07) is 23.1. The van der Waals surface area contributed by atoms with Gasteiger partial charge in [-0.1, -0.05) is 53.3 Å². The van der Waals surface area contributed by atoms with Crippen molar-refractivity contribution in [2.45, 2.75) is 90.1 Å². The van der Waals surface area contributed by atoms with Crippen molar-refractivity contribution in [3.05, 3.63) is 130 Å². The first-order valence-corrected chi connectivity index (χ1v) is 24.8. The summed E-state index contributed by atoms with van der Waals surface area (Å²) in [4.78, 5) is 39.6. The number of carbonyl (C=O) groups excluding carboxylic acids is 3. The van der Waals surface area contributed by atoms with Crippen LogP contribution in [0, 0.1) is 23.7 Å². The lowest BCUT2D eigenvalue weighted by Gasteiger charge is -2.35. The van der Waals surface area contributed by atoms with Gasteiger partial charge in [-0.25, -0.2) is 4.79 Å². The highest BCUT2D eigenvalue weighted by atomic mass is 35.5. The van der Waals surface area contributed by atoms with Crippen LogP contribution in [0.1, 0.15) is 81.5 Å². The molecule has 0 spiro atoms. The van der Waals surface area contributed by atoms with E-state index in [1.165, 1.54) is 17.0 Å². The molecule has 2 aliphatic heterocycles. The topological polar surface area (TPSA) is 216 Å². The van der Waals surface area contributed by atoms with E-state index in [9.17, 15) is 34.8 Å². The maximum absolute atomic E-state index is 13.1. The van der Waals surface area contributed by atoms with Crippen LogP contribution in [0.15, 0.2) is 97.3 Å². The van der Waals surface area contributed by atoms with E-state index in [1.807, 2.05) is 24.3 Å². The van der Waals surface area contributed by atoms with Gasteiger partial charge in [-0.3, -0.25) is 23.9 Å². The second-order valence-electron chi connectivity index (χ2n) is 18.4. The molecule has 2 atom stereocenters. The largest absolute Gasteiger partial charge is 0.507 e. The van der Waals surface area contributed by atoms with Crippen LogP contribution in [0.5, 0.6) is 11.5 Å². The number of aromatic nitrogens is 4. The van der Waals surface area contributed by atoms with Crippen LogP contribution in [0.2, 0.25) is 10.0 Å². The molecule has 2 aliphatic rings. The smallest absolute Gasteiger partial charge is 0.410 e. The number of carbonyl (C=O) groups is 3. The van der Waals surface area contributed by atoms with E-state index in [0.717, 1.165) is 49.9 Å². The van der Waals surface area contributed by atoms with Crippen molar-refractivity contribution >= 4 is 52.5 Å². The zero-order valence-electron chi connectivity index (χ0n) is 40.8. The van der Waals surface area contributed by atoms with E-state index in [2.05, 4.69) is 49.8 Å². The fraction of sp³-hybridized carbons (Fsp3) is 0.327. The summed E-state index contributed by atoms with van der Waals surface area (Å²) < 4.78 is 8.64. The summed E-state index contributed by atoms with van der Waals surface area (Å²) in [6.07, 6.45) is 8.22. The van der Waals surface area contributed by atoms with E-state index >= 15 is 0 Å². The molecule has 6 aromatic rings. The third-order valence-corrected chi connectivity index (χ3v) is 12.1. The molecule has 2 saturated heterocycles. The first kappa shape index (κ1) is 53.5. The second-order valence-corrected chi connectivity index (χ2v) is 19.3. The van der Waals surface area contributed by atoms with Crippen LogP contribution in [0.25, 0.3) is 22.5 Å². The number of nitrogens with one attached hydrogen (secondary N) is 3. The van der Waals surface area contributed by atoms with Gasteiger partial charge in [0.15, 0.2) is 0 Å². The number of aliphatic hydroxyl groups excluding tert-OH is 2. The minimum absolute atomic E-state index is 0.0178. The molecule has 2 fully saturated rings. The molecule has 3 amide bonds. The van der Waals surface area contributed by atoms with Crippen molar-refractivity contribution in [1.82, 2.24) is 29.8 Å². The van der Waals surface area contributed by atoms with E-state index < -0.39 is 17.7 Å². The zero-order valence-corrected chi connectivity index (χ0v) is 42.3. The molecular weight excluding hydrogens is 972 g/mol. The van der Waals surface area contributed by atoms with Gasteiger partial charge in [0.1, 0.15) is 34.5 Å². The lowest BCUT2D eigenvalue weighted by atomic mass is 10.0. The Bertz CT molecular complexity index is 3030. The highest BCUT2D eigenvalue weighted by Crippen LogP contribution is 2.34. The van der Waals surface area contributed by atoms with Crippen molar-refractivity contribution in [3.63, 3.8) is 0 Å². The van der Waals surface area contributed by atoms with Crippen LogP contribution in [-0.2, 0) is 27.4 Å². The first-order chi connectivity index (χ1) is 35.1. The molecule has 4 aromatic carbocycles. The van der Waals surface area contributed by atoms with Crippen LogP contribution < -0.4 is 16.0 Å². The Morgan fingerprint density at radius 2 is 1.18 bits per heavy atom. The van der Waals surface area contributed by atoms with Crippen molar-refractivity contribution in [2.24, 2.45) is 0 Å². The van der Waals surface area contributed by atoms with Crippen LogP contribution in [0.3, 0.4) is 0 Å². The molecule has 2 aromatic heterocycles. The number of aromatic hydroxyl groups is 2. The predicted octanol–water partition coefficient (Wildman–Crippen LogP) is 8.41. The number of ether oxygens (including phenoxy) is 1. The van der Waals surface area contributed by atoms with Gasteiger partial charge < -0.3 is 41.1 Å². The van der Waals surface area contributed by atoms with E-state index in [4.69, 9.17) is 27.9 Å². The Kier molecular flexibility index (Phi) is 18.2. The quantitative estimate of drug-likeness (QED) is 0.0647. The Labute approximate surface area is 434 Å².